The Labute approximate surface area is 197 Å². The maximum atomic E-state index is 11.1. The second-order valence-corrected chi connectivity index (χ2v) is 14.6. The average molecular weight is 480 g/mol. The molecule has 0 spiro atoms. The molecule has 0 aromatic heterocycles. The lowest BCUT2D eigenvalue weighted by Gasteiger charge is -2.36. The molecule has 33 heavy (non-hydrogen) atoms. The molecular weight excluding hydrogens is 442 g/mol. The SMILES string of the molecule is CN1CCN(c2ccc(NC=C(C(=O)O)C(=O)O)cc2OCCO[Si](C)(C)C(C)(C)C)CC1. The molecule has 1 aromatic rings. The third-order valence-electron chi connectivity index (χ3n) is 6.26. The summed E-state index contributed by atoms with van der Waals surface area (Å²) in [5.74, 6) is -2.38. The van der Waals surface area contributed by atoms with Gasteiger partial charge in [0.1, 0.15) is 12.4 Å². The van der Waals surface area contributed by atoms with Gasteiger partial charge in [-0.2, -0.15) is 0 Å². The number of nitrogens with zero attached hydrogens (tertiary/aromatic N) is 2. The van der Waals surface area contributed by atoms with Gasteiger partial charge in [0.05, 0.1) is 12.3 Å². The largest absolute Gasteiger partial charge is 0.489 e. The molecule has 0 saturated carbocycles. The second-order valence-electron chi connectivity index (χ2n) is 9.74. The van der Waals surface area contributed by atoms with Gasteiger partial charge >= 0.3 is 11.9 Å². The first kappa shape index (κ1) is 26.7. The van der Waals surface area contributed by atoms with Crippen molar-refractivity contribution in [1.82, 2.24) is 4.90 Å². The van der Waals surface area contributed by atoms with Crippen LogP contribution in [0.25, 0.3) is 0 Å². The molecule has 2 rings (SSSR count). The summed E-state index contributed by atoms with van der Waals surface area (Å²) < 4.78 is 12.3. The molecule has 1 aliphatic rings. The summed E-state index contributed by atoms with van der Waals surface area (Å²) in [6, 6.07) is 5.45. The Bertz CT molecular complexity index is 857. The molecule has 3 N–H and O–H groups in total. The highest BCUT2D eigenvalue weighted by atomic mass is 28.4. The van der Waals surface area contributed by atoms with Crippen LogP contribution < -0.4 is 15.0 Å². The number of hydrogen-bond acceptors (Lipinski definition) is 7. The number of piperazine rings is 1. The third-order valence-corrected chi connectivity index (χ3v) is 10.8. The number of anilines is 2. The van der Waals surface area contributed by atoms with Crippen LogP contribution in [0.3, 0.4) is 0 Å². The van der Waals surface area contributed by atoms with Crippen molar-refractivity contribution in [1.29, 1.82) is 0 Å². The average Bonchev–Trinajstić information content (AvgIpc) is 2.71. The quantitative estimate of drug-likeness (QED) is 0.153. The molecule has 9 nitrogen and oxygen atoms in total. The third kappa shape index (κ3) is 7.48. The highest BCUT2D eigenvalue weighted by molar-refractivity contribution is 6.74. The predicted molar refractivity (Wildman–Crippen MR) is 132 cm³/mol. The van der Waals surface area contributed by atoms with E-state index in [2.05, 4.69) is 56.0 Å². The highest BCUT2D eigenvalue weighted by Gasteiger charge is 2.37. The van der Waals surface area contributed by atoms with Crippen LogP contribution in [0.1, 0.15) is 20.8 Å². The van der Waals surface area contributed by atoms with E-state index >= 15 is 0 Å². The van der Waals surface area contributed by atoms with Crippen molar-refractivity contribution >= 4 is 31.6 Å². The van der Waals surface area contributed by atoms with Gasteiger partial charge in [0.15, 0.2) is 13.9 Å². The Balaban J connectivity index is 2.18. The first-order valence-electron chi connectivity index (χ1n) is 11.1. The van der Waals surface area contributed by atoms with E-state index in [9.17, 15) is 9.59 Å². The number of aliphatic carboxylic acids is 2. The fraction of sp³-hybridized carbons (Fsp3) is 0.565. The molecule has 1 aromatic carbocycles. The summed E-state index contributed by atoms with van der Waals surface area (Å²) >= 11 is 0. The Morgan fingerprint density at radius 1 is 1.09 bits per heavy atom. The Kier molecular flexibility index (Phi) is 8.93. The zero-order chi connectivity index (χ0) is 24.8. The summed E-state index contributed by atoms with van der Waals surface area (Å²) in [7, 11) is 0.210. The molecule has 0 radical (unpaired) electrons. The van der Waals surface area contributed by atoms with Crippen LogP contribution in [-0.2, 0) is 14.0 Å². The summed E-state index contributed by atoms with van der Waals surface area (Å²) in [6.45, 7) is 15.4. The van der Waals surface area contributed by atoms with Gasteiger partial charge in [0.25, 0.3) is 0 Å². The van der Waals surface area contributed by atoms with E-state index < -0.39 is 25.8 Å². The van der Waals surface area contributed by atoms with Crippen LogP contribution in [0.2, 0.25) is 18.1 Å². The molecule has 184 valence electrons. The van der Waals surface area contributed by atoms with Gasteiger partial charge in [-0.25, -0.2) is 9.59 Å². The van der Waals surface area contributed by atoms with Gasteiger partial charge in [0, 0.05) is 44.1 Å². The van der Waals surface area contributed by atoms with Crippen molar-refractivity contribution in [2.45, 2.75) is 38.9 Å². The lowest BCUT2D eigenvalue weighted by Crippen LogP contribution is -2.44. The topological polar surface area (TPSA) is 112 Å². The second kappa shape index (κ2) is 11.0. The number of carboxylic acid groups (broad SMARTS) is 2. The number of ether oxygens (including phenoxy) is 1. The Morgan fingerprint density at radius 2 is 1.70 bits per heavy atom. The number of hydrogen-bond donors (Lipinski definition) is 3. The standard InChI is InChI=1S/C23H37N3O6Si/c1-23(2,3)33(5,6)32-14-13-31-20-15-17(24-16-18(21(27)28)22(29)30)7-8-19(20)26-11-9-25(4)10-12-26/h7-8,15-16,24H,9-14H2,1-6H3,(H,27,28)(H,29,30). The zero-order valence-corrected chi connectivity index (χ0v) is 21.5. The lowest BCUT2D eigenvalue weighted by atomic mass is 10.2. The molecule has 1 heterocycles. The highest BCUT2D eigenvalue weighted by Crippen LogP contribution is 2.37. The number of nitrogens with one attached hydrogen (secondary N) is 1. The van der Waals surface area contributed by atoms with Crippen molar-refractivity contribution in [2.24, 2.45) is 0 Å². The van der Waals surface area contributed by atoms with Crippen LogP contribution in [0, 0.1) is 0 Å². The Morgan fingerprint density at radius 3 is 2.24 bits per heavy atom. The minimum Gasteiger partial charge on any atom is -0.489 e. The first-order chi connectivity index (χ1) is 15.3. The monoisotopic (exact) mass is 479 g/mol. The van der Waals surface area contributed by atoms with E-state index in [1.165, 1.54) is 0 Å². The van der Waals surface area contributed by atoms with Crippen LogP contribution in [0.15, 0.2) is 30.0 Å². The maximum Gasteiger partial charge on any atom is 0.344 e. The Hall–Kier alpha value is -2.56. The minimum atomic E-state index is -1.88. The van der Waals surface area contributed by atoms with Crippen molar-refractivity contribution in [3.8, 4) is 5.75 Å². The van der Waals surface area contributed by atoms with Gasteiger partial charge in [-0.1, -0.05) is 20.8 Å². The van der Waals surface area contributed by atoms with Crippen molar-refractivity contribution < 1.29 is 29.0 Å². The van der Waals surface area contributed by atoms with Crippen molar-refractivity contribution in [3.63, 3.8) is 0 Å². The van der Waals surface area contributed by atoms with Gasteiger partial charge in [-0.15, -0.1) is 0 Å². The molecule has 0 unspecified atom stereocenters. The van der Waals surface area contributed by atoms with Crippen molar-refractivity contribution in [3.05, 3.63) is 30.0 Å². The smallest absolute Gasteiger partial charge is 0.344 e. The molecular formula is C23H37N3O6Si. The maximum absolute atomic E-state index is 11.1. The summed E-state index contributed by atoms with van der Waals surface area (Å²) in [5.41, 5.74) is 0.734. The number of carboxylic acids is 2. The van der Waals surface area contributed by atoms with E-state index in [-0.39, 0.29) is 5.04 Å². The van der Waals surface area contributed by atoms with E-state index in [1.54, 1.807) is 12.1 Å². The van der Waals surface area contributed by atoms with E-state index in [0.29, 0.717) is 24.7 Å². The van der Waals surface area contributed by atoms with Crippen LogP contribution in [-0.4, -0.2) is 81.8 Å². The van der Waals surface area contributed by atoms with E-state index in [4.69, 9.17) is 19.4 Å². The van der Waals surface area contributed by atoms with Crippen LogP contribution in [0.5, 0.6) is 5.75 Å². The molecule has 10 heteroatoms. The molecule has 1 fully saturated rings. The summed E-state index contributed by atoms with van der Waals surface area (Å²) in [6.07, 6.45) is 0.972. The molecule has 0 atom stereocenters. The number of likely N-dealkylation sites (N-methyl/N-ethyl adjacent to an activating group) is 1. The van der Waals surface area contributed by atoms with Gasteiger partial charge in [0.2, 0.25) is 0 Å². The zero-order valence-electron chi connectivity index (χ0n) is 20.5. The minimum absolute atomic E-state index is 0.111. The summed E-state index contributed by atoms with van der Waals surface area (Å²) in [4.78, 5) is 26.7. The van der Waals surface area contributed by atoms with Gasteiger partial charge in [-0.3, -0.25) is 0 Å². The van der Waals surface area contributed by atoms with E-state index in [1.807, 2.05) is 6.07 Å². The normalized spacial score (nSPS) is 15.2. The molecule has 1 saturated heterocycles. The van der Waals surface area contributed by atoms with Crippen molar-refractivity contribution in [2.75, 3.05) is 56.7 Å². The number of carbonyl (C=O) groups is 2. The predicted octanol–water partition coefficient (Wildman–Crippen LogP) is 3.30. The molecule has 0 aliphatic carbocycles. The van der Waals surface area contributed by atoms with Gasteiger partial charge < -0.3 is 34.5 Å². The molecule has 0 amide bonds. The van der Waals surface area contributed by atoms with E-state index in [0.717, 1.165) is 38.1 Å². The fourth-order valence-corrected chi connectivity index (χ4v) is 4.09. The number of rotatable bonds is 10. The molecule has 0 bridgehead atoms. The fourth-order valence-electron chi connectivity index (χ4n) is 3.06. The molecule has 1 aliphatic heterocycles. The first-order valence-corrected chi connectivity index (χ1v) is 14.0. The van der Waals surface area contributed by atoms with Crippen LogP contribution >= 0.6 is 0 Å². The number of benzene rings is 1. The summed E-state index contributed by atoms with van der Waals surface area (Å²) in [5, 5.41) is 21.0. The van der Waals surface area contributed by atoms with Crippen LogP contribution in [0.4, 0.5) is 11.4 Å². The lowest BCUT2D eigenvalue weighted by molar-refractivity contribution is -0.140. The van der Waals surface area contributed by atoms with Gasteiger partial charge in [-0.05, 0) is 37.3 Å².